The highest BCUT2D eigenvalue weighted by molar-refractivity contribution is 9.10. The zero-order valence-electron chi connectivity index (χ0n) is 16.3. The first kappa shape index (κ1) is 21.8. The molecule has 0 N–H and O–H groups in total. The summed E-state index contributed by atoms with van der Waals surface area (Å²) in [5.74, 6) is 0.0161. The topological polar surface area (TPSA) is 76.1 Å². The van der Waals surface area contributed by atoms with Crippen molar-refractivity contribution in [2.45, 2.75) is 11.4 Å². The molecular formula is C20H23BrN2O5S. The van der Waals surface area contributed by atoms with Gasteiger partial charge in [0.15, 0.2) is 0 Å². The highest BCUT2D eigenvalue weighted by Crippen LogP contribution is 2.26. The van der Waals surface area contributed by atoms with E-state index in [-0.39, 0.29) is 16.4 Å². The summed E-state index contributed by atoms with van der Waals surface area (Å²) in [6, 6.07) is 12.0. The maximum absolute atomic E-state index is 13.1. The van der Waals surface area contributed by atoms with E-state index in [1.54, 1.807) is 7.05 Å². The zero-order valence-corrected chi connectivity index (χ0v) is 18.7. The van der Waals surface area contributed by atoms with E-state index in [2.05, 4.69) is 15.9 Å². The van der Waals surface area contributed by atoms with Gasteiger partial charge in [0.25, 0.3) is 5.91 Å². The van der Waals surface area contributed by atoms with Gasteiger partial charge < -0.3 is 14.4 Å². The number of benzene rings is 2. The summed E-state index contributed by atoms with van der Waals surface area (Å²) in [5, 5.41) is 0. The number of hydrogen-bond acceptors (Lipinski definition) is 5. The van der Waals surface area contributed by atoms with Crippen LogP contribution in [0.2, 0.25) is 0 Å². The first-order chi connectivity index (χ1) is 13.8. The molecule has 7 nitrogen and oxygen atoms in total. The normalized spacial score (nSPS) is 15.1. The number of nitrogens with zero attached hydrogens (tertiary/aromatic N) is 2. The second-order valence-electron chi connectivity index (χ2n) is 6.67. The maximum Gasteiger partial charge on any atom is 0.257 e. The summed E-state index contributed by atoms with van der Waals surface area (Å²) in [4.78, 5) is 14.7. The Morgan fingerprint density at radius 2 is 1.83 bits per heavy atom. The van der Waals surface area contributed by atoms with Crippen molar-refractivity contribution in [3.05, 3.63) is 58.1 Å². The van der Waals surface area contributed by atoms with Crippen LogP contribution in [0.4, 0.5) is 0 Å². The Kier molecular flexibility index (Phi) is 6.94. The number of sulfonamides is 1. The van der Waals surface area contributed by atoms with Gasteiger partial charge in [0.2, 0.25) is 10.0 Å². The quantitative estimate of drug-likeness (QED) is 0.632. The molecule has 29 heavy (non-hydrogen) atoms. The van der Waals surface area contributed by atoms with Crippen LogP contribution in [0.25, 0.3) is 0 Å². The van der Waals surface area contributed by atoms with Crippen molar-refractivity contribution in [1.29, 1.82) is 0 Å². The van der Waals surface area contributed by atoms with Crippen LogP contribution in [0.3, 0.4) is 0 Å². The van der Waals surface area contributed by atoms with E-state index in [0.29, 0.717) is 38.6 Å². The fraction of sp³-hybridized carbons (Fsp3) is 0.350. The minimum atomic E-state index is -3.71. The van der Waals surface area contributed by atoms with Crippen molar-refractivity contribution >= 4 is 31.9 Å². The highest BCUT2D eigenvalue weighted by atomic mass is 79.9. The molecule has 1 aliphatic rings. The molecule has 2 aromatic rings. The molecule has 1 fully saturated rings. The number of morpholine rings is 1. The lowest BCUT2D eigenvalue weighted by Gasteiger charge is -2.26. The van der Waals surface area contributed by atoms with Gasteiger partial charge in [-0.2, -0.15) is 4.31 Å². The molecule has 0 spiro atoms. The summed E-state index contributed by atoms with van der Waals surface area (Å²) in [6.07, 6.45) is 0. The molecule has 0 aliphatic carbocycles. The molecule has 9 heteroatoms. The molecule has 0 unspecified atom stereocenters. The third-order valence-electron chi connectivity index (χ3n) is 4.69. The van der Waals surface area contributed by atoms with Crippen molar-refractivity contribution in [1.82, 2.24) is 9.21 Å². The molecule has 1 aliphatic heterocycles. The largest absolute Gasteiger partial charge is 0.496 e. The van der Waals surface area contributed by atoms with Gasteiger partial charge in [0.1, 0.15) is 5.75 Å². The van der Waals surface area contributed by atoms with E-state index in [9.17, 15) is 13.2 Å². The number of carbonyl (C=O) groups excluding carboxylic acids is 1. The van der Waals surface area contributed by atoms with Crippen molar-refractivity contribution in [2.75, 3.05) is 40.5 Å². The van der Waals surface area contributed by atoms with E-state index in [1.807, 2.05) is 24.3 Å². The molecule has 0 radical (unpaired) electrons. The van der Waals surface area contributed by atoms with Crippen LogP contribution in [-0.2, 0) is 21.3 Å². The summed E-state index contributed by atoms with van der Waals surface area (Å²) in [7, 11) is -0.582. The SMILES string of the molecule is COc1ccc(S(=O)(=O)N2CCOCC2)cc1C(=O)N(C)Cc1ccc(Br)cc1. The van der Waals surface area contributed by atoms with E-state index < -0.39 is 10.0 Å². The van der Waals surface area contributed by atoms with Crippen molar-refractivity contribution in [3.63, 3.8) is 0 Å². The third-order valence-corrected chi connectivity index (χ3v) is 7.11. The van der Waals surface area contributed by atoms with Gasteiger partial charge in [-0.25, -0.2) is 8.42 Å². The van der Waals surface area contributed by atoms with E-state index >= 15 is 0 Å². The second kappa shape index (κ2) is 9.25. The number of rotatable bonds is 6. The first-order valence-corrected chi connectivity index (χ1v) is 11.3. The van der Waals surface area contributed by atoms with Gasteiger partial charge in [0.05, 0.1) is 30.8 Å². The van der Waals surface area contributed by atoms with Crippen LogP contribution < -0.4 is 4.74 Å². The lowest BCUT2D eigenvalue weighted by atomic mass is 10.1. The molecule has 0 aromatic heterocycles. The fourth-order valence-electron chi connectivity index (χ4n) is 3.09. The molecule has 0 bridgehead atoms. The summed E-state index contributed by atoms with van der Waals surface area (Å²) >= 11 is 3.39. The van der Waals surface area contributed by atoms with Crippen molar-refractivity contribution in [2.24, 2.45) is 0 Å². The molecule has 2 aromatic carbocycles. The number of methoxy groups -OCH3 is 1. The number of ether oxygens (including phenoxy) is 2. The first-order valence-electron chi connectivity index (χ1n) is 9.09. The van der Waals surface area contributed by atoms with Gasteiger partial charge in [-0.05, 0) is 35.9 Å². The van der Waals surface area contributed by atoms with Gasteiger partial charge in [0, 0.05) is 31.2 Å². The number of carbonyl (C=O) groups is 1. The molecule has 1 saturated heterocycles. The Hall–Kier alpha value is -1.94. The average Bonchev–Trinajstić information content (AvgIpc) is 2.74. The highest BCUT2D eigenvalue weighted by Gasteiger charge is 2.28. The minimum Gasteiger partial charge on any atom is -0.496 e. The third kappa shape index (κ3) is 4.98. The van der Waals surface area contributed by atoms with Gasteiger partial charge in [-0.3, -0.25) is 4.79 Å². The Labute approximate surface area is 179 Å². The monoisotopic (exact) mass is 482 g/mol. The van der Waals surface area contributed by atoms with Crippen LogP contribution in [0.15, 0.2) is 51.8 Å². The molecule has 1 heterocycles. The van der Waals surface area contributed by atoms with Gasteiger partial charge >= 0.3 is 0 Å². The molecule has 1 amide bonds. The second-order valence-corrected chi connectivity index (χ2v) is 9.52. The smallest absolute Gasteiger partial charge is 0.257 e. The Bertz CT molecular complexity index is 973. The maximum atomic E-state index is 13.1. The average molecular weight is 483 g/mol. The van der Waals surface area contributed by atoms with Crippen LogP contribution in [0, 0.1) is 0 Å². The predicted molar refractivity (Wildman–Crippen MR) is 113 cm³/mol. The molecular weight excluding hydrogens is 460 g/mol. The lowest BCUT2D eigenvalue weighted by Crippen LogP contribution is -2.40. The zero-order chi connectivity index (χ0) is 21.0. The molecule has 0 atom stereocenters. The number of hydrogen-bond donors (Lipinski definition) is 0. The van der Waals surface area contributed by atoms with Crippen LogP contribution >= 0.6 is 15.9 Å². The fourth-order valence-corrected chi connectivity index (χ4v) is 4.79. The number of amides is 1. The molecule has 156 valence electrons. The van der Waals surface area contributed by atoms with Crippen LogP contribution in [0.5, 0.6) is 5.75 Å². The molecule has 0 saturated carbocycles. The van der Waals surface area contributed by atoms with Gasteiger partial charge in [-0.15, -0.1) is 0 Å². The van der Waals surface area contributed by atoms with Crippen LogP contribution in [0.1, 0.15) is 15.9 Å². The standard InChI is InChI=1S/C20H23BrN2O5S/c1-22(14-15-3-5-16(21)6-4-15)20(24)18-13-17(7-8-19(18)27-2)29(25,26)23-9-11-28-12-10-23/h3-8,13H,9-12,14H2,1-2H3. The summed E-state index contributed by atoms with van der Waals surface area (Å²) < 4.78 is 38.8. The van der Waals surface area contributed by atoms with E-state index in [4.69, 9.17) is 9.47 Å². The Balaban J connectivity index is 1.87. The summed E-state index contributed by atoms with van der Waals surface area (Å²) in [5.41, 5.74) is 1.17. The summed E-state index contributed by atoms with van der Waals surface area (Å²) in [6.45, 7) is 1.69. The minimum absolute atomic E-state index is 0.0700. The van der Waals surface area contributed by atoms with E-state index in [0.717, 1.165) is 10.0 Å². The number of halogens is 1. The van der Waals surface area contributed by atoms with E-state index in [1.165, 1.54) is 34.5 Å². The van der Waals surface area contributed by atoms with Gasteiger partial charge in [-0.1, -0.05) is 28.1 Å². The van der Waals surface area contributed by atoms with Crippen molar-refractivity contribution < 1.29 is 22.7 Å². The molecule has 3 rings (SSSR count). The van der Waals surface area contributed by atoms with Crippen LogP contribution in [-0.4, -0.2) is 64.0 Å². The predicted octanol–water partition coefficient (Wildman–Crippen LogP) is 2.75. The van der Waals surface area contributed by atoms with Crippen molar-refractivity contribution in [3.8, 4) is 5.75 Å². The Morgan fingerprint density at radius 1 is 1.17 bits per heavy atom. The Morgan fingerprint density at radius 3 is 2.45 bits per heavy atom. The lowest BCUT2D eigenvalue weighted by molar-refractivity contribution is 0.0730.